The molecule has 2 heterocycles. The van der Waals surface area contributed by atoms with Gasteiger partial charge in [-0.1, -0.05) is 18.2 Å². The summed E-state index contributed by atoms with van der Waals surface area (Å²) in [7, 11) is 0. The van der Waals surface area contributed by atoms with Crippen LogP contribution in [0.3, 0.4) is 0 Å². The van der Waals surface area contributed by atoms with Crippen LogP contribution in [0.15, 0.2) is 66.9 Å². The average molecular weight is 476 g/mol. The van der Waals surface area contributed by atoms with E-state index in [2.05, 4.69) is 10.3 Å². The van der Waals surface area contributed by atoms with Gasteiger partial charge in [0.1, 0.15) is 17.6 Å². The largest absolute Gasteiger partial charge is 0.489 e. The minimum Gasteiger partial charge on any atom is -0.489 e. The number of para-hydroxylation sites is 1. The van der Waals surface area contributed by atoms with Crippen LogP contribution in [0.2, 0.25) is 0 Å². The van der Waals surface area contributed by atoms with Gasteiger partial charge < -0.3 is 24.8 Å². The summed E-state index contributed by atoms with van der Waals surface area (Å²) in [6.45, 7) is 2.86. The molecule has 0 saturated carbocycles. The fourth-order valence-electron chi connectivity index (χ4n) is 3.74. The van der Waals surface area contributed by atoms with E-state index in [0.717, 1.165) is 6.42 Å². The number of aromatic carboxylic acids is 1. The van der Waals surface area contributed by atoms with Crippen molar-refractivity contribution in [1.82, 2.24) is 9.88 Å². The third-order valence-electron chi connectivity index (χ3n) is 5.53. The van der Waals surface area contributed by atoms with Crippen LogP contribution in [0, 0.1) is 0 Å². The number of aromatic nitrogens is 1. The number of nitrogens with one attached hydrogen (secondary N) is 1. The number of likely N-dealkylation sites (tertiary alicyclic amines) is 1. The summed E-state index contributed by atoms with van der Waals surface area (Å²) in [4.78, 5) is 41.1. The van der Waals surface area contributed by atoms with Gasteiger partial charge in [0.05, 0.1) is 24.2 Å². The molecule has 9 heteroatoms. The van der Waals surface area contributed by atoms with Crippen molar-refractivity contribution in [3.05, 3.63) is 78.0 Å². The van der Waals surface area contributed by atoms with Crippen molar-refractivity contribution in [2.24, 2.45) is 0 Å². The first kappa shape index (κ1) is 23.7. The van der Waals surface area contributed by atoms with E-state index in [1.807, 2.05) is 0 Å². The van der Waals surface area contributed by atoms with Crippen molar-refractivity contribution < 1.29 is 29.0 Å². The molecule has 1 saturated heterocycles. The normalized spacial score (nSPS) is 14.9. The number of hydrogen-bond acceptors (Lipinski definition) is 6. The van der Waals surface area contributed by atoms with Gasteiger partial charge in [-0.3, -0.25) is 9.59 Å². The number of carboxylic acids is 1. The minimum atomic E-state index is -1.11. The van der Waals surface area contributed by atoms with Gasteiger partial charge in [-0.05, 0) is 42.0 Å². The fraction of sp³-hybridized carbons (Fsp3) is 0.231. The molecule has 3 aromatic rings. The molecule has 35 heavy (non-hydrogen) atoms. The molecule has 1 aromatic heterocycles. The monoisotopic (exact) mass is 475 g/mol. The van der Waals surface area contributed by atoms with Crippen LogP contribution in [0.1, 0.15) is 29.3 Å². The van der Waals surface area contributed by atoms with Gasteiger partial charge in [0, 0.05) is 32.2 Å². The third kappa shape index (κ3) is 6.35. The molecule has 1 aliphatic rings. The first-order chi connectivity index (χ1) is 16.9. The first-order valence-electron chi connectivity index (χ1n) is 11.1. The summed E-state index contributed by atoms with van der Waals surface area (Å²) in [6.07, 6.45) is 2.36. The number of pyridine rings is 1. The lowest BCUT2D eigenvalue weighted by Crippen LogP contribution is -2.28. The van der Waals surface area contributed by atoms with Crippen LogP contribution in [-0.4, -0.2) is 52.0 Å². The van der Waals surface area contributed by atoms with Crippen LogP contribution in [0.4, 0.5) is 5.69 Å². The number of amides is 2. The highest BCUT2D eigenvalue weighted by molar-refractivity contribution is 6.00. The molecule has 2 N–H and O–H groups in total. The summed E-state index contributed by atoms with van der Waals surface area (Å²) in [5.74, 6) is 0.249. The molecule has 1 atom stereocenters. The molecule has 2 amide bonds. The molecule has 9 nitrogen and oxygen atoms in total. The zero-order valence-corrected chi connectivity index (χ0v) is 19.1. The first-order valence-corrected chi connectivity index (χ1v) is 11.1. The lowest BCUT2D eigenvalue weighted by Gasteiger charge is -2.15. The van der Waals surface area contributed by atoms with Crippen LogP contribution in [0.25, 0.3) is 0 Å². The van der Waals surface area contributed by atoms with Crippen molar-refractivity contribution in [3.8, 4) is 17.4 Å². The Hall–Kier alpha value is -4.40. The van der Waals surface area contributed by atoms with Gasteiger partial charge in [-0.25, -0.2) is 9.78 Å². The summed E-state index contributed by atoms with van der Waals surface area (Å²) in [5.41, 5.74) is 0.928. The second-order valence-corrected chi connectivity index (χ2v) is 8.15. The highest BCUT2D eigenvalue weighted by atomic mass is 16.5. The Morgan fingerprint density at radius 1 is 1.06 bits per heavy atom. The van der Waals surface area contributed by atoms with Gasteiger partial charge in [0.2, 0.25) is 17.7 Å². The summed E-state index contributed by atoms with van der Waals surface area (Å²) >= 11 is 0. The maximum Gasteiger partial charge on any atom is 0.337 e. The van der Waals surface area contributed by atoms with E-state index in [9.17, 15) is 19.5 Å². The van der Waals surface area contributed by atoms with E-state index in [4.69, 9.17) is 9.47 Å². The quantitative estimate of drug-likeness (QED) is 0.509. The molecule has 0 bridgehead atoms. The topological polar surface area (TPSA) is 118 Å². The SMILES string of the molecule is CC(=O)N1CC[C@@H](Oc2ccc(Oc3ccc(CC(=O)Nc4ccccc4C(=O)O)cn3)cc2)C1. The zero-order chi connectivity index (χ0) is 24.8. The molecule has 180 valence electrons. The Labute approximate surface area is 202 Å². The Balaban J connectivity index is 1.29. The Bertz CT molecular complexity index is 1210. The number of carbonyl (C=O) groups is 3. The lowest BCUT2D eigenvalue weighted by molar-refractivity contribution is -0.128. The van der Waals surface area contributed by atoms with E-state index in [0.29, 0.717) is 36.0 Å². The molecule has 2 aromatic carbocycles. The molecule has 0 unspecified atom stereocenters. The number of ether oxygens (including phenoxy) is 2. The fourth-order valence-corrected chi connectivity index (χ4v) is 3.74. The van der Waals surface area contributed by atoms with Crippen LogP contribution < -0.4 is 14.8 Å². The third-order valence-corrected chi connectivity index (χ3v) is 5.53. The van der Waals surface area contributed by atoms with Crippen molar-refractivity contribution in [3.63, 3.8) is 0 Å². The number of rotatable bonds is 8. The van der Waals surface area contributed by atoms with Gasteiger partial charge in [-0.2, -0.15) is 0 Å². The Kier molecular flexibility index (Phi) is 7.25. The molecule has 0 radical (unpaired) electrons. The highest BCUT2D eigenvalue weighted by Gasteiger charge is 2.25. The standard InChI is InChI=1S/C26H25N3O6/c1-17(30)29-13-12-21(16-29)34-19-7-9-20(10-8-19)35-25-11-6-18(15-27-25)14-24(31)28-23-5-3-2-4-22(23)26(32)33/h2-11,15,21H,12-14,16H2,1H3,(H,28,31)(H,32,33)/t21-/m1/s1. The van der Waals surface area contributed by atoms with Crippen LogP contribution >= 0.6 is 0 Å². The number of anilines is 1. The van der Waals surface area contributed by atoms with E-state index >= 15 is 0 Å². The lowest BCUT2D eigenvalue weighted by atomic mass is 10.1. The van der Waals surface area contributed by atoms with E-state index in [1.54, 1.807) is 66.4 Å². The predicted molar refractivity (Wildman–Crippen MR) is 128 cm³/mol. The number of carboxylic acid groups (broad SMARTS) is 1. The molecule has 0 spiro atoms. The van der Waals surface area contributed by atoms with Crippen molar-refractivity contribution in [2.75, 3.05) is 18.4 Å². The van der Waals surface area contributed by atoms with E-state index < -0.39 is 5.97 Å². The van der Waals surface area contributed by atoms with Gasteiger partial charge in [-0.15, -0.1) is 0 Å². The van der Waals surface area contributed by atoms with E-state index in [-0.39, 0.29) is 35.6 Å². The molecule has 0 aliphatic carbocycles. The second-order valence-electron chi connectivity index (χ2n) is 8.15. The molecule has 1 aliphatic heterocycles. The summed E-state index contributed by atoms with van der Waals surface area (Å²) in [5, 5.41) is 11.9. The van der Waals surface area contributed by atoms with E-state index in [1.165, 1.54) is 12.3 Å². The summed E-state index contributed by atoms with van der Waals surface area (Å²) in [6, 6.07) is 16.8. The number of carbonyl (C=O) groups excluding carboxylic acids is 2. The van der Waals surface area contributed by atoms with Crippen molar-refractivity contribution in [1.29, 1.82) is 0 Å². The second kappa shape index (κ2) is 10.7. The molecule has 1 fully saturated rings. The Morgan fingerprint density at radius 2 is 1.80 bits per heavy atom. The van der Waals surface area contributed by atoms with Crippen LogP contribution in [0.5, 0.6) is 17.4 Å². The molecular formula is C26H25N3O6. The van der Waals surface area contributed by atoms with Gasteiger partial charge in [0.15, 0.2) is 0 Å². The smallest absolute Gasteiger partial charge is 0.337 e. The maximum absolute atomic E-state index is 12.3. The van der Waals surface area contributed by atoms with Crippen molar-refractivity contribution in [2.45, 2.75) is 25.9 Å². The zero-order valence-electron chi connectivity index (χ0n) is 19.1. The number of nitrogens with zero attached hydrogens (tertiary/aromatic N) is 2. The number of benzene rings is 2. The highest BCUT2D eigenvalue weighted by Crippen LogP contribution is 2.25. The maximum atomic E-state index is 12.3. The predicted octanol–water partition coefficient (Wildman–Crippen LogP) is 3.75. The van der Waals surface area contributed by atoms with Gasteiger partial charge >= 0.3 is 5.97 Å². The summed E-state index contributed by atoms with van der Waals surface area (Å²) < 4.78 is 11.7. The Morgan fingerprint density at radius 3 is 2.46 bits per heavy atom. The van der Waals surface area contributed by atoms with Crippen molar-refractivity contribution >= 4 is 23.5 Å². The average Bonchev–Trinajstić information content (AvgIpc) is 3.31. The number of hydrogen-bond donors (Lipinski definition) is 2. The van der Waals surface area contributed by atoms with Crippen LogP contribution in [-0.2, 0) is 16.0 Å². The molecular weight excluding hydrogens is 450 g/mol. The molecule has 4 rings (SSSR count). The minimum absolute atomic E-state index is 0.0188. The van der Waals surface area contributed by atoms with Gasteiger partial charge in [0.25, 0.3) is 0 Å².